The molecule has 1 atom stereocenters. The van der Waals surface area contributed by atoms with Gasteiger partial charge < -0.3 is 4.74 Å². The molecule has 0 saturated carbocycles. The molecule has 0 aliphatic carbocycles. The molecule has 0 N–H and O–H groups in total. The van der Waals surface area contributed by atoms with E-state index in [1.807, 2.05) is 0 Å². The van der Waals surface area contributed by atoms with Crippen LogP contribution in [0.5, 0.6) is 0 Å². The summed E-state index contributed by atoms with van der Waals surface area (Å²) in [6.45, 7) is 5.12. The van der Waals surface area contributed by atoms with Crippen molar-refractivity contribution < 1.29 is 9.13 Å². The normalized spacial score (nSPS) is 24.0. The second-order valence-corrected chi connectivity index (χ2v) is 3.60. The molecule has 0 amide bonds. The molecule has 1 heterocycles. The van der Waals surface area contributed by atoms with E-state index in [9.17, 15) is 4.39 Å². The molecule has 78 valence electrons. The monoisotopic (exact) mass is 189 g/mol. The fourth-order valence-electron chi connectivity index (χ4n) is 1.85. The van der Waals surface area contributed by atoms with Crippen molar-refractivity contribution in [3.63, 3.8) is 0 Å². The van der Waals surface area contributed by atoms with E-state index in [1.54, 1.807) is 0 Å². The van der Waals surface area contributed by atoms with Gasteiger partial charge in [-0.25, -0.2) is 4.39 Å². The van der Waals surface area contributed by atoms with Gasteiger partial charge in [-0.2, -0.15) is 0 Å². The molecule has 1 aliphatic heterocycles. The van der Waals surface area contributed by atoms with Gasteiger partial charge in [-0.3, -0.25) is 4.90 Å². The summed E-state index contributed by atoms with van der Waals surface area (Å²) in [7, 11) is 0. The summed E-state index contributed by atoms with van der Waals surface area (Å²) in [6, 6.07) is 0.474. The quantitative estimate of drug-likeness (QED) is 0.591. The van der Waals surface area contributed by atoms with Crippen LogP contribution in [0.1, 0.15) is 26.2 Å². The molecule has 13 heavy (non-hydrogen) atoms. The highest BCUT2D eigenvalue weighted by atomic mass is 19.1. The topological polar surface area (TPSA) is 12.5 Å². The third-order valence-corrected chi connectivity index (χ3v) is 2.53. The highest BCUT2D eigenvalue weighted by Gasteiger charge is 2.23. The maximum Gasteiger partial charge on any atom is 0.102 e. The van der Waals surface area contributed by atoms with E-state index in [0.717, 1.165) is 26.2 Å². The molecule has 3 heteroatoms. The van der Waals surface area contributed by atoms with Gasteiger partial charge in [0.1, 0.15) is 6.67 Å². The van der Waals surface area contributed by atoms with Crippen LogP contribution in [-0.4, -0.2) is 43.9 Å². The molecule has 2 nitrogen and oxygen atoms in total. The number of halogens is 1. The summed E-state index contributed by atoms with van der Waals surface area (Å²) in [6.07, 6.45) is 3.43. The van der Waals surface area contributed by atoms with Gasteiger partial charge in [-0.05, 0) is 25.8 Å². The lowest BCUT2D eigenvalue weighted by molar-refractivity contribution is 0.0752. The first kappa shape index (κ1) is 10.9. The maximum atomic E-state index is 12.1. The Balaban J connectivity index is 2.15. The highest BCUT2D eigenvalue weighted by molar-refractivity contribution is 4.78. The fourth-order valence-corrected chi connectivity index (χ4v) is 1.85. The second kappa shape index (κ2) is 6.33. The Labute approximate surface area is 80.1 Å². The number of hydrogen-bond donors (Lipinski definition) is 0. The highest BCUT2D eigenvalue weighted by Crippen LogP contribution is 2.16. The zero-order valence-corrected chi connectivity index (χ0v) is 8.47. The molecule has 0 spiro atoms. The smallest absolute Gasteiger partial charge is 0.102 e. The molecule has 1 unspecified atom stereocenters. The van der Waals surface area contributed by atoms with Crippen LogP contribution in [-0.2, 0) is 4.74 Å². The predicted octanol–water partition coefficient (Wildman–Crippen LogP) is 1.85. The lowest BCUT2D eigenvalue weighted by Gasteiger charge is -2.22. The van der Waals surface area contributed by atoms with Gasteiger partial charge in [0, 0.05) is 19.2 Å². The number of ether oxygens (including phenoxy) is 1. The number of nitrogens with zero attached hydrogens (tertiary/aromatic N) is 1. The summed E-state index contributed by atoms with van der Waals surface area (Å²) in [5, 5.41) is 0. The van der Waals surface area contributed by atoms with Gasteiger partial charge in [0.15, 0.2) is 0 Å². The van der Waals surface area contributed by atoms with E-state index >= 15 is 0 Å². The minimum atomic E-state index is -0.232. The number of likely N-dealkylation sites (tertiary alicyclic amines) is 1. The van der Waals surface area contributed by atoms with Gasteiger partial charge in [-0.1, -0.05) is 6.92 Å². The first-order valence-electron chi connectivity index (χ1n) is 5.26. The van der Waals surface area contributed by atoms with Crippen molar-refractivity contribution in [3.05, 3.63) is 0 Å². The fraction of sp³-hybridized carbons (Fsp3) is 1.00. The van der Waals surface area contributed by atoms with E-state index < -0.39 is 0 Å². The maximum absolute atomic E-state index is 12.1. The largest absolute Gasteiger partial charge is 0.380 e. The minimum Gasteiger partial charge on any atom is -0.380 e. The van der Waals surface area contributed by atoms with Crippen molar-refractivity contribution in [1.29, 1.82) is 0 Å². The van der Waals surface area contributed by atoms with Gasteiger partial charge in [0.2, 0.25) is 0 Å². The molecule has 0 aromatic rings. The van der Waals surface area contributed by atoms with Crippen LogP contribution in [0.4, 0.5) is 4.39 Å². The lowest BCUT2D eigenvalue weighted by Crippen LogP contribution is -2.34. The SMILES string of the molecule is CCCOCC1CCCN1CCF. The van der Waals surface area contributed by atoms with Crippen LogP contribution in [0, 0.1) is 0 Å². The third-order valence-electron chi connectivity index (χ3n) is 2.53. The summed E-state index contributed by atoms with van der Waals surface area (Å²) in [4.78, 5) is 2.20. The standard InChI is InChI=1S/C10H20FNO/c1-2-8-13-9-10-4-3-6-12(10)7-5-11/h10H,2-9H2,1H3. The van der Waals surface area contributed by atoms with Crippen molar-refractivity contribution in [2.45, 2.75) is 32.2 Å². The molecule has 1 saturated heterocycles. The van der Waals surface area contributed by atoms with E-state index in [0.29, 0.717) is 12.6 Å². The molecule has 0 aromatic heterocycles. The van der Waals surface area contributed by atoms with Gasteiger partial charge in [0.05, 0.1) is 6.61 Å². The summed E-state index contributed by atoms with van der Waals surface area (Å²) >= 11 is 0. The van der Waals surface area contributed by atoms with Crippen molar-refractivity contribution >= 4 is 0 Å². The van der Waals surface area contributed by atoms with Crippen LogP contribution in [0.25, 0.3) is 0 Å². The van der Waals surface area contributed by atoms with Crippen molar-refractivity contribution in [2.24, 2.45) is 0 Å². The Kier molecular flexibility index (Phi) is 5.32. The molecule has 1 aliphatic rings. The van der Waals surface area contributed by atoms with Crippen molar-refractivity contribution in [2.75, 3.05) is 33.0 Å². The third kappa shape index (κ3) is 3.61. The van der Waals surface area contributed by atoms with E-state index in [4.69, 9.17) is 4.74 Å². The lowest BCUT2D eigenvalue weighted by atomic mass is 10.2. The van der Waals surface area contributed by atoms with E-state index in [-0.39, 0.29) is 6.67 Å². The van der Waals surface area contributed by atoms with E-state index in [1.165, 1.54) is 12.8 Å². The summed E-state index contributed by atoms with van der Waals surface area (Å²) < 4.78 is 17.6. The zero-order valence-electron chi connectivity index (χ0n) is 8.47. The minimum absolute atomic E-state index is 0.232. The number of alkyl halides is 1. The average Bonchev–Trinajstić information content (AvgIpc) is 2.54. The second-order valence-electron chi connectivity index (χ2n) is 3.60. The molecule has 1 fully saturated rings. The van der Waals surface area contributed by atoms with Crippen LogP contribution >= 0.6 is 0 Å². The zero-order chi connectivity index (χ0) is 9.52. The van der Waals surface area contributed by atoms with Gasteiger partial charge in [0.25, 0.3) is 0 Å². The van der Waals surface area contributed by atoms with Crippen LogP contribution in [0.3, 0.4) is 0 Å². The molecule has 0 radical (unpaired) electrons. The molecule has 0 aromatic carbocycles. The Morgan fingerprint density at radius 3 is 3.08 bits per heavy atom. The molecular weight excluding hydrogens is 169 g/mol. The Morgan fingerprint density at radius 1 is 1.54 bits per heavy atom. The first-order chi connectivity index (χ1) is 6.38. The first-order valence-corrected chi connectivity index (χ1v) is 5.26. The predicted molar refractivity (Wildman–Crippen MR) is 51.7 cm³/mol. The summed E-state index contributed by atoms with van der Waals surface area (Å²) in [5.74, 6) is 0. The number of rotatable bonds is 6. The molecular formula is C10H20FNO. The van der Waals surface area contributed by atoms with Gasteiger partial charge >= 0.3 is 0 Å². The van der Waals surface area contributed by atoms with E-state index in [2.05, 4.69) is 11.8 Å². The van der Waals surface area contributed by atoms with Crippen LogP contribution < -0.4 is 0 Å². The van der Waals surface area contributed by atoms with Crippen molar-refractivity contribution in [3.8, 4) is 0 Å². The van der Waals surface area contributed by atoms with Crippen LogP contribution in [0.15, 0.2) is 0 Å². The average molecular weight is 189 g/mol. The summed E-state index contributed by atoms with van der Waals surface area (Å²) in [5.41, 5.74) is 0. The molecule has 0 bridgehead atoms. The molecule has 1 rings (SSSR count). The van der Waals surface area contributed by atoms with Gasteiger partial charge in [-0.15, -0.1) is 0 Å². The van der Waals surface area contributed by atoms with Crippen LogP contribution in [0.2, 0.25) is 0 Å². The Hall–Kier alpha value is -0.150. The Bertz CT molecular complexity index is 132. The van der Waals surface area contributed by atoms with Crippen molar-refractivity contribution in [1.82, 2.24) is 4.90 Å². The number of hydrogen-bond acceptors (Lipinski definition) is 2. The Morgan fingerprint density at radius 2 is 2.38 bits per heavy atom.